The van der Waals surface area contributed by atoms with Crippen LogP contribution in [0.5, 0.6) is 0 Å². The minimum atomic E-state index is 0.591. The molecule has 3 aromatic carbocycles. The third kappa shape index (κ3) is 3.15. The minimum absolute atomic E-state index is 0.591. The molecule has 0 spiro atoms. The van der Waals surface area contributed by atoms with Crippen molar-refractivity contribution in [2.45, 2.75) is 6.54 Å². The number of H-pyrrole nitrogens is 1. The minimum Gasteiger partial charge on any atom is -0.343 e. The zero-order valence-electron chi connectivity index (χ0n) is 15.4. The number of rotatable bonds is 4. The maximum atomic E-state index is 9.32. The monoisotopic (exact) mass is 376 g/mol. The molecule has 0 radical (unpaired) electrons. The number of aromatic nitrogens is 5. The lowest BCUT2D eigenvalue weighted by Gasteiger charge is -2.08. The van der Waals surface area contributed by atoms with Crippen LogP contribution in [0.15, 0.2) is 79.0 Å². The molecule has 0 aliphatic rings. The summed E-state index contributed by atoms with van der Waals surface area (Å²) in [7, 11) is 0. The molecule has 1 N–H and O–H groups in total. The molecule has 6 nitrogen and oxygen atoms in total. The van der Waals surface area contributed by atoms with Crippen LogP contribution >= 0.6 is 0 Å². The Morgan fingerprint density at radius 2 is 1.76 bits per heavy atom. The summed E-state index contributed by atoms with van der Waals surface area (Å²) in [6.07, 6.45) is 2.09. The summed E-state index contributed by atoms with van der Waals surface area (Å²) in [5, 5.41) is 24.6. The number of benzene rings is 3. The summed E-state index contributed by atoms with van der Waals surface area (Å²) < 4.78 is 2.22. The molecule has 0 saturated carbocycles. The molecule has 0 aliphatic carbocycles. The van der Waals surface area contributed by atoms with Crippen molar-refractivity contribution in [3.05, 3.63) is 90.1 Å². The standard InChI is InChI=1S/C23H16N6/c24-14-20-3-1-2-4-21(20)17-7-5-16(6-8-17)15-29-12-11-18-13-19(9-10-22(18)29)23-25-27-28-26-23/h1-13H,15H2,(H,25,26,27,28). The molecule has 0 atom stereocenters. The van der Waals surface area contributed by atoms with E-state index in [2.05, 4.69) is 79.9 Å². The van der Waals surface area contributed by atoms with E-state index in [-0.39, 0.29) is 0 Å². The lowest BCUT2D eigenvalue weighted by Crippen LogP contribution is -1.97. The van der Waals surface area contributed by atoms with Gasteiger partial charge in [0.25, 0.3) is 0 Å². The van der Waals surface area contributed by atoms with Gasteiger partial charge in [-0.05, 0) is 52.2 Å². The van der Waals surface area contributed by atoms with Crippen LogP contribution in [-0.2, 0) is 6.54 Å². The summed E-state index contributed by atoms with van der Waals surface area (Å²) in [5.74, 6) is 0.591. The molecule has 0 bridgehead atoms. The van der Waals surface area contributed by atoms with Gasteiger partial charge in [0.1, 0.15) is 0 Å². The van der Waals surface area contributed by atoms with Gasteiger partial charge in [-0.1, -0.05) is 42.5 Å². The largest absolute Gasteiger partial charge is 0.343 e. The van der Waals surface area contributed by atoms with Crippen LogP contribution in [0.4, 0.5) is 0 Å². The molecule has 138 valence electrons. The van der Waals surface area contributed by atoms with Gasteiger partial charge in [0.2, 0.25) is 5.82 Å². The number of hydrogen-bond donors (Lipinski definition) is 1. The summed E-state index contributed by atoms with van der Waals surface area (Å²) in [5.41, 5.74) is 5.98. The number of hydrogen-bond acceptors (Lipinski definition) is 4. The zero-order chi connectivity index (χ0) is 19.6. The van der Waals surface area contributed by atoms with Crippen molar-refractivity contribution in [3.63, 3.8) is 0 Å². The van der Waals surface area contributed by atoms with Gasteiger partial charge in [-0.2, -0.15) is 10.5 Å². The van der Waals surface area contributed by atoms with Crippen molar-refractivity contribution in [1.29, 1.82) is 5.26 Å². The first-order valence-corrected chi connectivity index (χ1v) is 9.23. The molecule has 0 amide bonds. The van der Waals surface area contributed by atoms with E-state index in [1.165, 1.54) is 5.56 Å². The van der Waals surface area contributed by atoms with Crippen LogP contribution in [0.25, 0.3) is 33.4 Å². The van der Waals surface area contributed by atoms with Crippen molar-refractivity contribution >= 4 is 10.9 Å². The number of tetrazole rings is 1. The van der Waals surface area contributed by atoms with E-state index in [4.69, 9.17) is 0 Å². The second-order valence-electron chi connectivity index (χ2n) is 6.81. The number of aromatic amines is 1. The van der Waals surface area contributed by atoms with Gasteiger partial charge in [0.15, 0.2) is 0 Å². The highest BCUT2D eigenvalue weighted by Crippen LogP contribution is 2.25. The Kier molecular flexibility index (Phi) is 4.11. The van der Waals surface area contributed by atoms with Crippen molar-refractivity contribution < 1.29 is 0 Å². The number of nitrogens with one attached hydrogen (secondary N) is 1. The molecule has 5 aromatic rings. The van der Waals surface area contributed by atoms with E-state index >= 15 is 0 Å². The number of fused-ring (bicyclic) bond motifs is 1. The number of nitrogens with zero attached hydrogens (tertiary/aromatic N) is 5. The molecule has 2 aromatic heterocycles. The quantitative estimate of drug-likeness (QED) is 0.504. The fraction of sp³-hybridized carbons (Fsp3) is 0.0435. The van der Waals surface area contributed by atoms with Gasteiger partial charge in [-0.25, -0.2) is 0 Å². The molecular formula is C23H16N6. The molecule has 2 heterocycles. The highest BCUT2D eigenvalue weighted by Gasteiger charge is 2.08. The Balaban J connectivity index is 1.42. The lowest BCUT2D eigenvalue weighted by atomic mass is 9.99. The Hall–Kier alpha value is -4.24. The van der Waals surface area contributed by atoms with E-state index < -0.39 is 0 Å². The maximum Gasteiger partial charge on any atom is 0.204 e. The molecule has 0 fully saturated rings. The average Bonchev–Trinajstić information content (AvgIpc) is 3.44. The van der Waals surface area contributed by atoms with E-state index in [1.54, 1.807) is 0 Å². The highest BCUT2D eigenvalue weighted by atomic mass is 15.5. The molecule has 6 heteroatoms. The van der Waals surface area contributed by atoms with Crippen molar-refractivity contribution in [1.82, 2.24) is 25.2 Å². The molecule has 0 aliphatic heterocycles. The van der Waals surface area contributed by atoms with E-state index in [0.29, 0.717) is 11.4 Å². The SMILES string of the molecule is N#Cc1ccccc1-c1ccc(Cn2ccc3cc(-c4nn[nH]n4)ccc32)cc1. The Bertz CT molecular complexity index is 1320. The fourth-order valence-electron chi connectivity index (χ4n) is 3.58. The van der Waals surface area contributed by atoms with Crippen LogP contribution in [0.2, 0.25) is 0 Å². The van der Waals surface area contributed by atoms with Crippen LogP contribution in [0.3, 0.4) is 0 Å². The molecule has 29 heavy (non-hydrogen) atoms. The topological polar surface area (TPSA) is 83.2 Å². The Labute approximate surface area is 167 Å². The Morgan fingerprint density at radius 1 is 0.931 bits per heavy atom. The predicted octanol–water partition coefficient (Wildman–Crippen LogP) is 4.41. The van der Waals surface area contributed by atoms with Gasteiger partial charge >= 0.3 is 0 Å². The summed E-state index contributed by atoms with van der Waals surface area (Å²) in [6, 6.07) is 26.6. The Morgan fingerprint density at radius 3 is 2.55 bits per heavy atom. The van der Waals surface area contributed by atoms with Gasteiger partial charge in [-0.3, -0.25) is 0 Å². The van der Waals surface area contributed by atoms with E-state index in [1.807, 2.05) is 30.3 Å². The first kappa shape index (κ1) is 16.9. The first-order chi connectivity index (χ1) is 14.3. The summed E-state index contributed by atoms with van der Waals surface area (Å²) in [6.45, 7) is 0.769. The first-order valence-electron chi connectivity index (χ1n) is 9.23. The molecular weight excluding hydrogens is 360 g/mol. The van der Waals surface area contributed by atoms with Crippen LogP contribution in [-0.4, -0.2) is 25.2 Å². The summed E-state index contributed by atoms with van der Waals surface area (Å²) in [4.78, 5) is 0. The molecule has 0 saturated heterocycles. The van der Waals surface area contributed by atoms with E-state index in [9.17, 15) is 5.26 Å². The fourth-order valence-corrected chi connectivity index (χ4v) is 3.58. The van der Waals surface area contributed by atoms with Crippen LogP contribution in [0.1, 0.15) is 11.1 Å². The van der Waals surface area contributed by atoms with Crippen LogP contribution in [0, 0.1) is 11.3 Å². The zero-order valence-corrected chi connectivity index (χ0v) is 15.4. The summed E-state index contributed by atoms with van der Waals surface area (Å²) >= 11 is 0. The average molecular weight is 376 g/mol. The molecule has 5 rings (SSSR count). The normalized spacial score (nSPS) is 10.9. The van der Waals surface area contributed by atoms with Gasteiger partial charge in [0.05, 0.1) is 11.6 Å². The third-order valence-electron chi connectivity index (χ3n) is 5.04. The third-order valence-corrected chi connectivity index (χ3v) is 5.04. The second kappa shape index (κ2) is 7.06. The van der Waals surface area contributed by atoms with Crippen molar-refractivity contribution in [3.8, 4) is 28.6 Å². The van der Waals surface area contributed by atoms with Gasteiger partial charge < -0.3 is 4.57 Å². The second-order valence-corrected chi connectivity index (χ2v) is 6.81. The molecule has 0 unspecified atom stereocenters. The lowest BCUT2D eigenvalue weighted by molar-refractivity contribution is 0.837. The van der Waals surface area contributed by atoms with Crippen molar-refractivity contribution in [2.24, 2.45) is 0 Å². The van der Waals surface area contributed by atoms with Crippen LogP contribution < -0.4 is 0 Å². The van der Waals surface area contributed by atoms with Gasteiger partial charge in [-0.15, -0.1) is 10.2 Å². The van der Waals surface area contributed by atoms with Crippen molar-refractivity contribution in [2.75, 3.05) is 0 Å². The predicted molar refractivity (Wildman–Crippen MR) is 111 cm³/mol. The van der Waals surface area contributed by atoms with E-state index in [0.717, 1.165) is 34.1 Å². The highest BCUT2D eigenvalue weighted by molar-refractivity contribution is 5.84. The smallest absolute Gasteiger partial charge is 0.204 e. The van der Waals surface area contributed by atoms with Gasteiger partial charge in [0, 0.05) is 29.2 Å². The number of nitriles is 1. The maximum absolute atomic E-state index is 9.32.